The van der Waals surface area contributed by atoms with Crippen molar-refractivity contribution in [2.24, 2.45) is 5.73 Å². The molecule has 0 amide bonds. The Bertz CT molecular complexity index is 380. The molecule has 2 heteroatoms. The van der Waals surface area contributed by atoms with E-state index in [9.17, 15) is 0 Å². The lowest BCUT2D eigenvalue weighted by Gasteiger charge is -2.12. The Morgan fingerprint density at radius 1 is 1.38 bits per heavy atom. The van der Waals surface area contributed by atoms with Crippen LogP contribution in [0.5, 0.6) is 0 Å². The van der Waals surface area contributed by atoms with Crippen molar-refractivity contribution in [3.63, 3.8) is 0 Å². The second kappa shape index (κ2) is 4.50. The highest BCUT2D eigenvalue weighted by atomic mass is 79.9. The van der Waals surface area contributed by atoms with Crippen molar-refractivity contribution in [3.8, 4) is 0 Å². The molecule has 1 aliphatic carbocycles. The molecule has 0 saturated heterocycles. The summed E-state index contributed by atoms with van der Waals surface area (Å²) in [6.45, 7) is 4.44. The van der Waals surface area contributed by atoms with E-state index in [1.807, 2.05) is 0 Å². The van der Waals surface area contributed by atoms with Gasteiger partial charge in [-0.25, -0.2) is 0 Å². The summed E-state index contributed by atoms with van der Waals surface area (Å²) in [5.41, 5.74) is 9.05. The van der Waals surface area contributed by atoms with Crippen LogP contribution in [0.2, 0.25) is 0 Å². The summed E-state index contributed by atoms with van der Waals surface area (Å²) >= 11 is 3.65. The van der Waals surface area contributed by atoms with Crippen molar-refractivity contribution >= 4 is 15.9 Å². The highest BCUT2D eigenvalue weighted by Crippen LogP contribution is 2.37. The predicted octanol–water partition coefficient (Wildman–Crippen LogP) is 4.00. The van der Waals surface area contributed by atoms with Gasteiger partial charge in [0.25, 0.3) is 0 Å². The molecular weight excluding hydrogens is 262 g/mol. The fraction of sp³-hybridized carbons (Fsp3) is 0.571. The first kappa shape index (κ1) is 12.1. The van der Waals surface area contributed by atoms with E-state index >= 15 is 0 Å². The van der Waals surface area contributed by atoms with Gasteiger partial charge in [-0.1, -0.05) is 41.9 Å². The fourth-order valence-corrected chi connectivity index (χ4v) is 2.88. The minimum atomic E-state index is 0.170. The molecule has 0 spiro atoms. The molecule has 1 aliphatic rings. The first-order chi connectivity index (χ1) is 7.50. The highest BCUT2D eigenvalue weighted by molar-refractivity contribution is 9.10. The molecule has 2 rings (SSSR count). The molecule has 0 aromatic heterocycles. The molecular formula is C14H20BrN. The summed E-state index contributed by atoms with van der Waals surface area (Å²) in [6.07, 6.45) is 4.64. The predicted molar refractivity (Wildman–Crippen MR) is 72.7 cm³/mol. The lowest BCUT2D eigenvalue weighted by atomic mass is 9.99. The van der Waals surface area contributed by atoms with E-state index in [1.54, 1.807) is 0 Å². The van der Waals surface area contributed by atoms with Crippen molar-refractivity contribution in [1.82, 2.24) is 0 Å². The lowest BCUT2D eigenvalue weighted by Crippen LogP contribution is -2.22. The van der Waals surface area contributed by atoms with Crippen molar-refractivity contribution in [1.29, 1.82) is 0 Å². The lowest BCUT2D eigenvalue weighted by molar-refractivity contribution is 0.609. The van der Waals surface area contributed by atoms with Gasteiger partial charge in [-0.05, 0) is 48.8 Å². The van der Waals surface area contributed by atoms with Crippen molar-refractivity contribution < 1.29 is 0 Å². The number of benzene rings is 1. The molecule has 0 radical (unpaired) electrons. The smallest absolute Gasteiger partial charge is 0.0212 e. The van der Waals surface area contributed by atoms with E-state index in [0.29, 0.717) is 5.92 Å². The van der Waals surface area contributed by atoms with Gasteiger partial charge in [0.15, 0.2) is 0 Å². The maximum atomic E-state index is 6.10. The summed E-state index contributed by atoms with van der Waals surface area (Å²) in [4.78, 5) is 0. The molecule has 0 aliphatic heterocycles. The number of aryl methyl sites for hydroxylation is 1. The molecule has 88 valence electrons. The Kier molecular flexibility index (Phi) is 3.41. The van der Waals surface area contributed by atoms with Gasteiger partial charge in [-0.2, -0.15) is 0 Å². The zero-order valence-electron chi connectivity index (χ0n) is 10.1. The average Bonchev–Trinajstić information content (AvgIpc) is 2.94. The van der Waals surface area contributed by atoms with E-state index in [0.717, 1.165) is 12.8 Å². The van der Waals surface area contributed by atoms with Gasteiger partial charge < -0.3 is 5.73 Å². The van der Waals surface area contributed by atoms with Crippen LogP contribution in [0.1, 0.15) is 50.2 Å². The summed E-state index contributed by atoms with van der Waals surface area (Å²) in [5, 5.41) is 0. The second-order valence-corrected chi connectivity index (χ2v) is 6.23. The van der Waals surface area contributed by atoms with Crippen LogP contribution in [0, 0.1) is 0 Å². The minimum Gasteiger partial charge on any atom is -0.325 e. The highest BCUT2D eigenvalue weighted by Gasteiger charge is 2.37. The van der Waals surface area contributed by atoms with Crippen LogP contribution < -0.4 is 5.73 Å². The fourth-order valence-electron chi connectivity index (χ4n) is 2.00. The SMILES string of the molecule is CC(C)c1ccc(CCC2(N)CC2)cc1Br. The molecule has 0 heterocycles. The number of rotatable bonds is 4. The molecule has 1 nitrogen and oxygen atoms in total. The van der Waals surface area contributed by atoms with E-state index in [4.69, 9.17) is 5.73 Å². The summed E-state index contributed by atoms with van der Waals surface area (Å²) < 4.78 is 1.24. The third-order valence-corrected chi connectivity index (χ3v) is 4.18. The Balaban J connectivity index is 2.03. The first-order valence-electron chi connectivity index (χ1n) is 6.07. The van der Waals surface area contributed by atoms with E-state index in [-0.39, 0.29) is 5.54 Å². The zero-order valence-corrected chi connectivity index (χ0v) is 11.7. The van der Waals surface area contributed by atoms with Gasteiger partial charge in [-0.3, -0.25) is 0 Å². The number of hydrogen-bond acceptors (Lipinski definition) is 1. The van der Waals surface area contributed by atoms with Crippen molar-refractivity contribution in [3.05, 3.63) is 33.8 Å². The molecule has 1 saturated carbocycles. The van der Waals surface area contributed by atoms with Crippen LogP contribution in [0.3, 0.4) is 0 Å². The van der Waals surface area contributed by atoms with Gasteiger partial charge in [0.2, 0.25) is 0 Å². The van der Waals surface area contributed by atoms with Crippen LogP contribution in [0.25, 0.3) is 0 Å². The molecule has 1 fully saturated rings. The third kappa shape index (κ3) is 2.86. The Morgan fingerprint density at radius 2 is 2.06 bits per heavy atom. The van der Waals surface area contributed by atoms with Gasteiger partial charge in [0.05, 0.1) is 0 Å². The monoisotopic (exact) mass is 281 g/mol. The van der Waals surface area contributed by atoms with Gasteiger partial charge in [-0.15, -0.1) is 0 Å². The van der Waals surface area contributed by atoms with Gasteiger partial charge in [0, 0.05) is 10.0 Å². The topological polar surface area (TPSA) is 26.0 Å². The van der Waals surface area contributed by atoms with E-state index < -0.39 is 0 Å². The van der Waals surface area contributed by atoms with Crippen molar-refractivity contribution in [2.75, 3.05) is 0 Å². The van der Waals surface area contributed by atoms with Crippen LogP contribution >= 0.6 is 15.9 Å². The average molecular weight is 282 g/mol. The quantitative estimate of drug-likeness (QED) is 0.887. The Hall–Kier alpha value is -0.340. The molecule has 1 aromatic carbocycles. The maximum absolute atomic E-state index is 6.10. The maximum Gasteiger partial charge on any atom is 0.0212 e. The van der Waals surface area contributed by atoms with Gasteiger partial charge in [0.1, 0.15) is 0 Å². The zero-order chi connectivity index (χ0) is 11.8. The molecule has 0 bridgehead atoms. The normalized spacial score (nSPS) is 17.8. The largest absolute Gasteiger partial charge is 0.325 e. The van der Waals surface area contributed by atoms with Crippen molar-refractivity contribution in [2.45, 2.75) is 51.0 Å². The molecule has 2 N–H and O–H groups in total. The van der Waals surface area contributed by atoms with Gasteiger partial charge >= 0.3 is 0 Å². The minimum absolute atomic E-state index is 0.170. The summed E-state index contributed by atoms with van der Waals surface area (Å²) in [5.74, 6) is 0.577. The van der Waals surface area contributed by atoms with E-state index in [1.165, 1.54) is 28.4 Å². The number of nitrogens with two attached hydrogens (primary N) is 1. The number of hydrogen-bond donors (Lipinski definition) is 1. The Morgan fingerprint density at radius 3 is 2.56 bits per heavy atom. The van der Waals surface area contributed by atoms with Crippen LogP contribution in [-0.4, -0.2) is 5.54 Å². The van der Waals surface area contributed by atoms with Crippen LogP contribution in [-0.2, 0) is 6.42 Å². The van der Waals surface area contributed by atoms with E-state index in [2.05, 4.69) is 48.0 Å². The Labute approximate surface area is 107 Å². The molecule has 0 unspecified atom stereocenters. The first-order valence-corrected chi connectivity index (χ1v) is 6.87. The number of halogens is 1. The molecule has 16 heavy (non-hydrogen) atoms. The molecule has 1 aromatic rings. The second-order valence-electron chi connectivity index (χ2n) is 5.37. The summed E-state index contributed by atoms with van der Waals surface area (Å²) in [7, 11) is 0. The summed E-state index contributed by atoms with van der Waals surface area (Å²) in [6, 6.07) is 6.73. The van der Waals surface area contributed by atoms with Crippen LogP contribution in [0.4, 0.5) is 0 Å². The standard InChI is InChI=1S/C14H20BrN/c1-10(2)12-4-3-11(9-13(12)15)5-6-14(16)7-8-14/h3-4,9-10H,5-8,16H2,1-2H3. The molecule has 0 atom stereocenters. The third-order valence-electron chi connectivity index (χ3n) is 3.49. The van der Waals surface area contributed by atoms with Crippen LogP contribution in [0.15, 0.2) is 22.7 Å².